The van der Waals surface area contributed by atoms with Crippen molar-refractivity contribution in [2.24, 2.45) is 11.3 Å². The monoisotopic (exact) mass is 266 g/mol. The molecule has 0 radical (unpaired) electrons. The fourth-order valence-corrected chi connectivity index (χ4v) is 3.68. The fraction of sp³-hybridized carbons (Fsp3) is 1.00. The minimum absolute atomic E-state index is 0.383. The largest absolute Gasteiger partial charge is 0.312 e. The van der Waals surface area contributed by atoms with E-state index in [4.69, 9.17) is 0 Å². The van der Waals surface area contributed by atoms with Crippen molar-refractivity contribution in [2.75, 3.05) is 26.2 Å². The number of hydrogen-bond donors (Lipinski definition) is 1. The molecule has 1 heterocycles. The van der Waals surface area contributed by atoms with E-state index in [1.54, 1.807) is 0 Å². The molecule has 0 aromatic carbocycles. The second-order valence-corrected chi connectivity index (χ2v) is 7.82. The van der Waals surface area contributed by atoms with Crippen molar-refractivity contribution in [3.63, 3.8) is 0 Å². The molecule has 1 aliphatic heterocycles. The van der Waals surface area contributed by atoms with Crippen LogP contribution < -0.4 is 5.32 Å². The molecule has 0 bridgehead atoms. The third-order valence-corrected chi connectivity index (χ3v) is 5.09. The average molecular weight is 266 g/mol. The summed E-state index contributed by atoms with van der Waals surface area (Å²) in [4.78, 5) is 2.71. The molecule has 0 spiro atoms. The Bertz CT molecular complexity index is 250. The highest BCUT2D eigenvalue weighted by atomic mass is 15.2. The summed E-state index contributed by atoms with van der Waals surface area (Å²) in [6, 6.07) is 0.654. The molecule has 1 saturated carbocycles. The van der Waals surface area contributed by atoms with Crippen LogP contribution in [0.2, 0.25) is 0 Å². The van der Waals surface area contributed by atoms with E-state index in [1.807, 2.05) is 0 Å². The third kappa shape index (κ3) is 5.07. The average Bonchev–Trinajstić information content (AvgIpc) is 2.72. The first-order valence-electron chi connectivity index (χ1n) is 8.51. The topological polar surface area (TPSA) is 15.3 Å². The number of hydrogen-bond acceptors (Lipinski definition) is 2. The maximum absolute atomic E-state index is 3.74. The minimum Gasteiger partial charge on any atom is -0.312 e. The maximum Gasteiger partial charge on any atom is 0.0243 e. The number of rotatable bonds is 4. The van der Waals surface area contributed by atoms with Gasteiger partial charge in [-0.15, -0.1) is 0 Å². The molecule has 19 heavy (non-hydrogen) atoms. The van der Waals surface area contributed by atoms with Crippen LogP contribution in [0.5, 0.6) is 0 Å². The van der Waals surface area contributed by atoms with E-state index in [2.05, 4.69) is 31.0 Å². The molecule has 2 nitrogen and oxygen atoms in total. The molecule has 2 rings (SSSR count). The number of nitrogens with zero attached hydrogens (tertiary/aromatic N) is 1. The molecule has 2 heteroatoms. The molecular weight excluding hydrogens is 232 g/mol. The van der Waals surface area contributed by atoms with Gasteiger partial charge in [0.2, 0.25) is 0 Å². The highest BCUT2D eigenvalue weighted by molar-refractivity contribution is 4.85. The van der Waals surface area contributed by atoms with Gasteiger partial charge in [-0.25, -0.2) is 0 Å². The Kier molecular flexibility index (Phi) is 5.70. The van der Waals surface area contributed by atoms with Crippen LogP contribution in [0.4, 0.5) is 0 Å². The van der Waals surface area contributed by atoms with E-state index in [9.17, 15) is 0 Å². The molecular formula is C17H34N2. The lowest BCUT2D eigenvalue weighted by molar-refractivity contribution is 0.192. The van der Waals surface area contributed by atoms with Crippen molar-refractivity contribution in [3.8, 4) is 0 Å². The van der Waals surface area contributed by atoms with Gasteiger partial charge < -0.3 is 10.2 Å². The van der Waals surface area contributed by atoms with Gasteiger partial charge in [0.1, 0.15) is 0 Å². The smallest absolute Gasteiger partial charge is 0.0243 e. The highest BCUT2D eigenvalue weighted by Gasteiger charge is 2.27. The van der Waals surface area contributed by atoms with Crippen LogP contribution in [-0.2, 0) is 0 Å². The Morgan fingerprint density at radius 3 is 2.53 bits per heavy atom. The molecule has 1 unspecified atom stereocenters. The third-order valence-electron chi connectivity index (χ3n) is 5.09. The SMILES string of the molecule is CC(C)(C)C1CN(CCCC2CCCC2)CCCN1. The minimum atomic E-state index is 0.383. The van der Waals surface area contributed by atoms with Gasteiger partial charge in [0, 0.05) is 12.6 Å². The van der Waals surface area contributed by atoms with E-state index in [-0.39, 0.29) is 0 Å². The summed E-state index contributed by atoms with van der Waals surface area (Å²) in [7, 11) is 0. The first kappa shape index (κ1) is 15.3. The second-order valence-electron chi connectivity index (χ2n) is 7.82. The van der Waals surface area contributed by atoms with Crippen LogP contribution in [0.1, 0.15) is 65.7 Å². The summed E-state index contributed by atoms with van der Waals surface area (Å²) in [5.74, 6) is 1.06. The lowest BCUT2D eigenvalue weighted by Gasteiger charge is -2.33. The van der Waals surface area contributed by atoms with E-state index < -0.39 is 0 Å². The summed E-state index contributed by atoms with van der Waals surface area (Å²) < 4.78 is 0. The Morgan fingerprint density at radius 1 is 1.11 bits per heavy atom. The highest BCUT2D eigenvalue weighted by Crippen LogP contribution is 2.28. The van der Waals surface area contributed by atoms with Gasteiger partial charge in [0.25, 0.3) is 0 Å². The van der Waals surface area contributed by atoms with E-state index in [1.165, 1.54) is 71.1 Å². The Labute approximate surface area is 120 Å². The van der Waals surface area contributed by atoms with Gasteiger partial charge in [0.15, 0.2) is 0 Å². The Hall–Kier alpha value is -0.0800. The molecule has 1 N–H and O–H groups in total. The van der Waals surface area contributed by atoms with Gasteiger partial charge in [-0.3, -0.25) is 0 Å². The van der Waals surface area contributed by atoms with Gasteiger partial charge >= 0.3 is 0 Å². The van der Waals surface area contributed by atoms with Gasteiger partial charge in [0.05, 0.1) is 0 Å². The summed E-state index contributed by atoms with van der Waals surface area (Å²) in [6.45, 7) is 12.2. The number of nitrogens with one attached hydrogen (secondary N) is 1. The van der Waals surface area contributed by atoms with Crippen molar-refractivity contribution in [3.05, 3.63) is 0 Å². The predicted molar refractivity (Wildman–Crippen MR) is 83.5 cm³/mol. The molecule has 1 aliphatic carbocycles. The van der Waals surface area contributed by atoms with E-state index >= 15 is 0 Å². The van der Waals surface area contributed by atoms with Crippen molar-refractivity contribution in [2.45, 2.75) is 71.8 Å². The zero-order valence-corrected chi connectivity index (χ0v) is 13.4. The van der Waals surface area contributed by atoms with Crippen molar-refractivity contribution in [1.29, 1.82) is 0 Å². The summed E-state index contributed by atoms with van der Waals surface area (Å²) >= 11 is 0. The molecule has 1 atom stereocenters. The van der Waals surface area contributed by atoms with Crippen LogP contribution in [0.3, 0.4) is 0 Å². The zero-order valence-electron chi connectivity index (χ0n) is 13.4. The molecule has 0 aromatic rings. The van der Waals surface area contributed by atoms with Crippen LogP contribution in [-0.4, -0.2) is 37.1 Å². The van der Waals surface area contributed by atoms with Crippen molar-refractivity contribution < 1.29 is 0 Å². The van der Waals surface area contributed by atoms with Crippen LogP contribution in [0.25, 0.3) is 0 Å². The molecule has 1 saturated heterocycles. The lowest BCUT2D eigenvalue weighted by Crippen LogP contribution is -2.46. The summed E-state index contributed by atoms with van der Waals surface area (Å²) in [6.07, 6.45) is 10.2. The van der Waals surface area contributed by atoms with E-state index in [0.29, 0.717) is 11.5 Å². The molecule has 2 fully saturated rings. The zero-order chi connectivity index (χ0) is 13.7. The van der Waals surface area contributed by atoms with Crippen molar-refractivity contribution >= 4 is 0 Å². The standard InChI is InChI=1S/C17H34N2/c1-17(2,3)16-14-19(13-7-11-18-16)12-6-10-15-8-4-5-9-15/h15-16,18H,4-14H2,1-3H3. The fourth-order valence-electron chi connectivity index (χ4n) is 3.68. The molecule has 2 aliphatic rings. The first-order valence-corrected chi connectivity index (χ1v) is 8.51. The van der Waals surface area contributed by atoms with Crippen LogP contribution in [0.15, 0.2) is 0 Å². The first-order chi connectivity index (χ1) is 9.05. The van der Waals surface area contributed by atoms with E-state index in [0.717, 1.165) is 5.92 Å². The lowest BCUT2D eigenvalue weighted by atomic mass is 9.86. The normalized spacial score (nSPS) is 27.6. The molecule has 0 aromatic heterocycles. The molecule has 112 valence electrons. The Morgan fingerprint density at radius 2 is 1.84 bits per heavy atom. The molecule has 0 amide bonds. The summed E-state index contributed by atoms with van der Waals surface area (Å²) in [5.41, 5.74) is 0.383. The van der Waals surface area contributed by atoms with Gasteiger partial charge in [-0.2, -0.15) is 0 Å². The maximum atomic E-state index is 3.74. The van der Waals surface area contributed by atoms with Crippen molar-refractivity contribution in [1.82, 2.24) is 10.2 Å². The van der Waals surface area contributed by atoms with Gasteiger partial charge in [-0.1, -0.05) is 46.5 Å². The Balaban J connectivity index is 1.72. The van der Waals surface area contributed by atoms with Gasteiger partial charge in [-0.05, 0) is 50.2 Å². The van der Waals surface area contributed by atoms with Crippen LogP contribution in [0, 0.1) is 11.3 Å². The quantitative estimate of drug-likeness (QED) is 0.835. The van der Waals surface area contributed by atoms with Crippen LogP contribution >= 0.6 is 0 Å². The second kappa shape index (κ2) is 7.08. The summed E-state index contributed by atoms with van der Waals surface area (Å²) in [5, 5.41) is 3.74. The predicted octanol–water partition coefficient (Wildman–Crippen LogP) is 3.67.